The Bertz CT molecular complexity index is 203. The Balaban J connectivity index is 2.32. The van der Waals surface area contributed by atoms with Gasteiger partial charge in [-0.15, -0.1) is 0 Å². The molecular formula is C18H36. The molecule has 0 aromatic heterocycles. The SMILES string of the molecule is CCCC(CCC(C)(C)C)CC1CCC(C)CC1. The number of hydrogen-bond donors (Lipinski definition) is 0. The quantitative estimate of drug-likeness (QED) is 0.510. The van der Waals surface area contributed by atoms with Crippen molar-refractivity contribution in [2.45, 2.75) is 92.4 Å². The van der Waals surface area contributed by atoms with Gasteiger partial charge in [-0.25, -0.2) is 0 Å². The molecule has 0 N–H and O–H groups in total. The zero-order chi connectivity index (χ0) is 13.6. The Morgan fingerprint density at radius 3 is 2.11 bits per heavy atom. The van der Waals surface area contributed by atoms with E-state index in [9.17, 15) is 0 Å². The molecular weight excluding hydrogens is 216 g/mol. The Morgan fingerprint density at radius 1 is 1.00 bits per heavy atom. The first kappa shape index (κ1) is 16.1. The largest absolute Gasteiger partial charge is 0.0654 e. The molecule has 108 valence electrons. The Morgan fingerprint density at radius 2 is 1.61 bits per heavy atom. The van der Waals surface area contributed by atoms with Gasteiger partial charge in [0.15, 0.2) is 0 Å². The number of hydrogen-bond acceptors (Lipinski definition) is 0. The van der Waals surface area contributed by atoms with Gasteiger partial charge >= 0.3 is 0 Å². The van der Waals surface area contributed by atoms with Crippen LogP contribution in [0, 0.1) is 23.2 Å². The molecule has 0 heterocycles. The summed E-state index contributed by atoms with van der Waals surface area (Å²) < 4.78 is 0. The van der Waals surface area contributed by atoms with E-state index in [1.807, 2.05) is 0 Å². The minimum Gasteiger partial charge on any atom is -0.0654 e. The van der Waals surface area contributed by atoms with Gasteiger partial charge in [-0.1, -0.05) is 73.1 Å². The molecule has 0 radical (unpaired) electrons. The van der Waals surface area contributed by atoms with E-state index in [2.05, 4.69) is 34.6 Å². The smallest absolute Gasteiger partial charge is 0.0383 e. The van der Waals surface area contributed by atoms with Crippen LogP contribution in [0.4, 0.5) is 0 Å². The van der Waals surface area contributed by atoms with Crippen LogP contribution in [0.5, 0.6) is 0 Å². The molecule has 1 rings (SSSR count). The van der Waals surface area contributed by atoms with Crippen LogP contribution in [0.15, 0.2) is 0 Å². The van der Waals surface area contributed by atoms with Gasteiger partial charge in [0.25, 0.3) is 0 Å². The van der Waals surface area contributed by atoms with Crippen molar-refractivity contribution in [3.8, 4) is 0 Å². The van der Waals surface area contributed by atoms with E-state index >= 15 is 0 Å². The molecule has 1 fully saturated rings. The summed E-state index contributed by atoms with van der Waals surface area (Å²) in [6, 6.07) is 0. The lowest BCUT2D eigenvalue weighted by Gasteiger charge is -2.30. The standard InChI is InChI=1S/C18H36/c1-6-7-16(12-13-18(3,4)5)14-17-10-8-15(2)9-11-17/h15-17H,6-14H2,1-5H3. The highest BCUT2D eigenvalue weighted by Crippen LogP contribution is 2.36. The van der Waals surface area contributed by atoms with Crippen LogP contribution in [0.2, 0.25) is 0 Å². The molecule has 0 aliphatic heterocycles. The molecule has 1 saturated carbocycles. The molecule has 0 nitrogen and oxygen atoms in total. The summed E-state index contributed by atoms with van der Waals surface area (Å²) in [7, 11) is 0. The van der Waals surface area contributed by atoms with Gasteiger partial charge < -0.3 is 0 Å². The monoisotopic (exact) mass is 252 g/mol. The summed E-state index contributed by atoms with van der Waals surface area (Å²) in [6.45, 7) is 11.9. The maximum atomic E-state index is 2.43. The van der Waals surface area contributed by atoms with Crippen molar-refractivity contribution < 1.29 is 0 Å². The van der Waals surface area contributed by atoms with Gasteiger partial charge in [-0.05, 0) is 42.4 Å². The van der Waals surface area contributed by atoms with Gasteiger partial charge in [0.1, 0.15) is 0 Å². The van der Waals surface area contributed by atoms with Crippen molar-refractivity contribution in [1.29, 1.82) is 0 Å². The van der Waals surface area contributed by atoms with Crippen LogP contribution in [0.3, 0.4) is 0 Å². The van der Waals surface area contributed by atoms with Crippen LogP contribution < -0.4 is 0 Å². The molecule has 1 aliphatic carbocycles. The molecule has 1 atom stereocenters. The van der Waals surface area contributed by atoms with Crippen LogP contribution in [0.25, 0.3) is 0 Å². The Labute approximate surface area is 116 Å². The van der Waals surface area contributed by atoms with Gasteiger partial charge in [0.2, 0.25) is 0 Å². The Hall–Kier alpha value is 0. The fraction of sp³-hybridized carbons (Fsp3) is 1.00. The lowest BCUT2D eigenvalue weighted by atomic mass is 9.75. The third-order valence-corrected chi connectivity index (χ3v) is 4.80. The zero-order valence-corrected chi connectivity index (χ0v) is 13.6. The lowest BCUT2D eigenvalue weighted by Crippen LogP contribution is -2.17. The summed E-state index contributed by atoms with van der Waals surface area (Å²) in [5.41, 5.74) is 0.521. The average Bonchev–Trinajstić information content (AvgIpc) is 2.28. The summed E-state index contributed by atoms with van der Waals surface area (Å²) in [6.07, 6.45) is 13.2. The zero-order valence-electron chi connectivity index (χ0n) is 13.6. The fourth-order valence-electron chi connectivity index (χ4n) is 3.46. The highest BCUT2D eigenvalue weighted by molar-refractivity contribution is 4.74. The van der Waals surface area contributed by atoms with Crippen LogP contribution in [-0.2, 0) is 0 Å². The van der Waals surface area contributed by atoms with E-state index in [-0.39, 0.29) is 0 Å². The molecule has 0 bridgehead atoms. The highest BCUT2D eigenvalue weighted by Gasteiger charge is 2.22. The summed E-state index contributed by atoms with van der Waals surface area (Å²) in [5, 5.41) is 0. The maximum absolute atomic E-state index is 2.43. The predicted octanol–water partition coefficient (Wildman–Crippen LogP) is 6.45. The lowest BCUT2D eigenvalue weighted by molar-refractivity contribution is 0.218. The van der Waals surface area contributed by atoms with E-state index in [0.717, 1.165) is 17.8 Å². The highest BCUT2D eigenvalue weighted by atomic mass is 14.3. The minimum absolute atomic E-state index is 0.521. The van der Waals surface area contributed by atoms with E-state index in [1.54, 1.807) is 0 Å². The van der Waals surface area contributed by atoms with Crippen molar-refractivity contribution in [1.82, 2.24) is 0 Å². The Kier molecular flexibility index (Phi) is 6.74. The van der Waals surface area contributed by atoms with Crippen LogP contribution in [0.1, 0.15) is 92.4 Å². The van der Waals surface area contributed by atoms with Crippen molar-refractivity contribution in [3.63, 3.8) is 0 Å². The first-order valence-electron chi connectivity index (χ1n) is 8.40. The molecule has 18 heavy (non-hydrogen) atoms. The molecule has 1 aliphatic rings. The maximum Gasteiger partial charge on any atom is -0.0383 e. The second-order valence-corrected chi connectivity index (χ2v) is 8.12. The second-order valence-electron chi connectivity index (χ2n) is 8.12. The van der Waals surface area contributed by atoms with Crippen molar-refractivity contribution in [2.75, 3.05) is 0 Å². The molecule has 0 aromatic carbocycles. The normalized spacial score (nSPS) is 27.2. The predicted molar refractivity (Wildman–Crippen MR) is 82.8 cm³/mol. The third-order valence-electron chi connectivity index (χ3n) is 4.80. The van der Waals surface area contributed by atoms with Gasteiger partial charge in [0, 0.05) is 0 Å². The molecule has 1 unspecified atom stereocenters. The fourth-order valence-corrected chi connectivity index (χ4v) is 3.46. The third kappa shape index (κ3) is 6.81. The van der Waals surface area contributed by atoms with Crippen molar-refractivity contribution in [2.24, 2.45) is 23.2 Å². The van der Waals surface area contributed by atoms with Gasteiger partial charge in [-0.2, -0.15) is 0 Å². The summed E-state index contributed by atoms with van der Waals surface area (Å²) >= 11 is 0. The average molecular weight is 252 g/mol. The topological polar surface area (TPSA) is 0 Å². The first-order valence-corrected chi connectivity index (χ1v) is 8.40. The molecule has 0 spiro atoms. The first-order chi connectivity index (χ1) is 8.40. The molecule has 0 saturated heterocycles. The molecule has 0 heteroatoms. The van der Waals surface area contributed by atoms with E-state index in [0.29, 0.717) is 5.41 Å². The van der Waals surface area contributed by atoms with E-state index in [1.165, 1.54) is 57.8 Å². The molecule has 0 aromatic rings. The van der Waals surface area contributed by atoms with Crippen LogP contribution in [-0.4, -0.2) is 0 Å². The van der Waals surface area contributed by atoms with E-state index < -0.39 is 0 Å². The second kappa shape index (κ2) is 7.56. The van der Waals surface area contributed by atoms with Gasteiger partial charge in [0.05, 0.1) is 0 Å². The van der Waals surface area contributed by atoms with E-state index in [4.69, 9.17) is 0 Å². The number of rotatable bonds is 6. The minimum atomic E-state index is 0.521. The van der Waals surface area contributed by atoms with Gasteiger partial charge in [-0.3, -0.25) is 0 Å². The van der Waals surface area contributed by atoms with Crippen molar-refractivity contribution >= 4 is 0 Å². The summed E-state index contributed by atoms with van der Waals surface area (Å²) in [5.74, 6) is 3.06. The van der Waals surface area contributed by atoms with Crippen molar-refractivity contribution in [3.05, 3.63) is 0 Å². The summed E-state index contributed by atoms with van der Waals surface area (Å²) in [4.78, 5) is 0. The van der Waals surface area contributed by atoms with Crippen LogP contribution >= 0.6 is 0 Å². The molecule has 0 amide bonds.